The molecule has 2 N–H and O–H groups in total. The number of benzene rings is 2. The smallest absolute Gasteiger partial charge is 0.323 e. The molecule has 0 unspecified atom stereocenters. The number of rotatable bonds is 4. The molecule has 2 amide bonds. The molecule has 4 heteroatoms. The number of ether oxygens (including phenoxy) is 1. The Hall–Kier alpha value is -2.49. The average Bonchev–Trinajstić information content (AvgIpc) is 2.40. The summed E-state index contributed by atoms with van der Waals surface area (Å²) in [5.41, 5.74) is 1.44. The van der Waals surface area contributed by atoms with E-state index < -0.39 is 0 Å². The Balaban J connectivity index is 1.97. The van der Waals surface area contributed by atoms with E-state index in [9.17, 15) is 4.79 Å². The SMILES string of the molecule is CCOc1cccc(NC(=O)Nc2ccccc2)c1. The van der Waals surface area contributed by atoms with Crippen LogP contribution in [-0.4, -0.2) is 12.6 Å². The van der Waals surface area contributed by atoms with E-state index in [0.717, 1.165) is 11.4 Å². The summed E-state index contributed by atoms with van der Waals surface area (Å²) in [6.45, 7) is 2.52. The normalized spacial score (nSPS) is 9.74. The maximum Gasteiger partial charge on any atom is 0.323 e. The molecular weight excluding hydrogens is 240 g/mol. The molecule has 0 radical (unpaired) electrons. The molecule has 19 heavy (non-hydrogen) atoms. The Kier molecular flexibility index (Phi) is 4.39. The largest absolute Gasteiger partial charge is 0.494 e. The van der Waals surface area contributed by atoms with Gasteiger partial charge in [0.2, 0.25) is 0 Å². The van der Waals surface area contributed by atoms with Crippen molar-refractivity contribution in [1.82, 2.24) is 0 Å². The van der Waals surface area contributed by atoms with E-state index in [1.807, 2.05) is 55.5 Å². The number of amides is 2. The molecule has 0 saturated carbocycles. The van der Waals surface area contributed by atoms with Crippen LogP contribution in [0.3, 0.4) is 0 Å². The molecular formula is C15H16N2O2. The van der Waals surface area contributed by atoms with Crippen LogP contribution in [0.1, 0.15) is 6.92 Å². The minimum Gasteiger partial charge on any atom is -0.494 e. The van der Waals surface area contributed by atoms with Gasteiger partial charge < -0.3 is 15.4 Å². The molecule has 0 fully saturated rings. The second-order valence-electron chi connectivity index (χ2n) is 3.91. The van der Waals surface area contributed by atoms with Gasteiger partial charge in [-0.1, -0.05) is 24.3 Å². The Labute approximate surface area is 112 Å². The highest BCUT2D eigenvalue weighted by atomic mass is 16.5. The van der Waals surface area contributed by atoms with Crippen LogP contribution in [-0.2, 0) is 0 Å². The summed E-state index contributed by atoms with van der Waals surface area (Å²) in [6.07, 6.45) is 0. The van der Waals surface area contributed by atoms with E-state index in [-0.39, 0.29) is 6.03 Å². The summed E-state index contributed by atoms with van der Waals surface area (Å²) in [7, 11) is 0. The summed E-state index contributed by atoms with van der Waals surface area (Å²) < 4.78 is 5.37. The standard InChI is InChI=1S/C15H16N2O2/c1-2-19-14-10-6-9-13(11-14)17-15(18)16-12-7-4-3-5-8-12/h3-11H,2H2,1H3,(H2,16,17,18). The van der Waals surface area contributed by atoms with Crippen LogP contribution < -0.4 is 15.4 Å². The van der Waals surface area contributed by atoms with Crippen LogP contribution in [0.2, 0.25) is 0 Å². The van der Waals surface area contributed by atoms with Crippen LogP contribution in [0.4, 0.5) is 16.2 Å². The Morgan fingerprint density at radius 1 is 1.00 bits per heavy atom. The molecule has 0 aromatic heterocycles. The first kappa shape index (κ1) is 13.0. The lowest BCUT2D eigenvalue weighted by Gasteiger charge is -2.09. The van der Waals surface area contributed by atoms with Crippen molar-refractivity contribution in [2.45, 2.75) is 6.92 Å². The first-order valence-corrected chi connectivity index (χ1v) is 6.14. The second kappa shape index (κ2) is 6.44. The predicted molar refractivity (Wildman–Crippen MR) is 76.7 cm³/mol. The molecule has 0 saturated heterocycles. The number of hydrogen-bond donors (Lipinski definition) is 2. The van der Waals surface area contributed by atoms with Gasteiger partial charge in [-0.25, -0.2) is 4.79 Å². The number of carbonyl (C=O) groups excluding carboxylic acids is 1. The minimum atomic E-state index is -0.278. The fourth-order valence-corrected chi connectivity index (χ4v) is 1.65. The van der Waals surface area contributed by atoms with Crippen molar-refractivity contribution in [1.29, 1.82) is 0 Å². The summed E-state index contributed by atoms with van der Waals surface area (Å²) in [5.74, 6) is 0.736. The van der Waals surface area contributed by atoms with E-state index in [4.69, 9.17) is 4.74 Å². The zero-order valence-corrected chi connectivity index (χ0v) is 10.7. The molecule has 2 aromatic rings. The summed E-state index contributed by atoms with van der Waals surface area (Å²) in [5, 5.41) is 5.51. The van der Waals surface area contributed by atoms with Crippen molar-refractivity contribution >= 4 is 17.4 Å². The topological polar surface area (TPSA) is 50.4 Å². The lowest BCUT2D eigenvalue weighted by atomic mass is 10.3. The molecule has 0 aliphatic heterocycles. The summed E-state index contributed by atoms with van der Waals surface area (Å²) in [6, 6.07) is 16.3. The van der Waals surface area contributed by atoms with Crippen molar-refractivity contribution in [2.75, 3.05) is 17.2 Å². The van der Waals surface area contributed by atoms with Crippen molar-refractivity contribution in [3.05, 3.63) is 54.6 Å². The van der Waals surface area contributed by atoms with Crippen LogP contribution in [0, 0.1) is 0 Å². The van der Waals surface area contributed by atoms with Gasteiger partial charge in [0, 0.05) is 17.4 Å². The van der Waals surface area contributed by atoms with Gasteiger partial charge in [0.25, 0.3) is 0 Å². The first-order valence-electron chi connectivity index (χ1n) is 6.14. The highest BCUT2D eigenvalue weighted by molar-refractivity contribution is 5.99. The highest BCUT2D eigenvalue weighted by Gasteiger charge is 2.03. The third-order valence-corrected chi connectivity index (χ3v) is 2.43. The quantitative estimate of drug-likeness (QED) is 0.875. The summed E-state index contributed by atoms with van der Waals surface area (Å²) in [4.78, 5) is 11.8. The monoisotopic (exact) mass is 256 g/mol. The lowest BCUT2D eigenvalue weighted by molar-refractivity contribution is 0.262. The van der Waals surface area contributed by atoms with Gasteiger partial charge in [0.15, 0.2) is 0 Å². The number of urea groups is 1. The van der Waals surface area contributed by atoms with Crippen LogP contribution in [0.5, 0.6) is 5.75 Å². The first-order chi connectivity index (χ1) is 9.28. The molecule has 0 aliphatic carbocycles. The zero-order chi connectivity index (χ0) is 13.5. The van der Waals surface area contributed by atoms with Gasteiger partial charge >= 0.3 is 6.03 Å². The predicted octanol–water partition coefficient (Wildman–Crippen LogP) is 3.73. The Bertz CT molecular complexity index is 541. The third-order valence-electron chi connectivity index (χ3n) is 2.43. The molecule has 98 valence electrons. The van der Waals surface area contributed by atoms with Crippen molar-refractivity contribution in [3.63, 3.8) is 0 Å². The van der Waals surface area contributed by atoms with E-state index in [1.54, 1.807) is 6.07 Å². The van der Waals surface area contributed by atoms with Gasteiger partial charge in [-0.2, -0.15) is 0 Å². The molecule has 0 aliphatic rings. The Morgan fingerprint density at radius 2 is 1.68 bits per heavy atom. The van der Waals surface area contributed by atoms with Gasteiger partial charge in [0.05, 0.1) is 6.61 Å². The van der Waals surface area contributed by atoms with E-state index in [0.29, 0.717) is 12.3 Å². The van der Waals surface area contributed by atoms with Crippen LogP contribution in [0.15, 0.2) is 54.6 Å². The fourth-order valence-electron chi connectivity index (χ4n) is 1.65. The molecule has 0 spiro atoms. The van der Waals surface area contributed by atoms with Crippen molar-refractivity contribution < 1.29 is 9.53 Å². The third kappa shape index (κ3) is 4.03. The molecule has 0 heterocycles. The van der Waals surface area contributed by atoms with Crippen molar-refractivity contribution in [3.8, 4) is 5.75 Å². The maximum atomic E-state index is 11.8. The van der Waals surface area contributed by atoms with Gasteiger partial charge in [-0.05, 0) is 31.2 Å². The Morgan fingerprint density at radius 3 is 2.42 bits per heavy atom. The van der Waals surface area contributed by atoms with Gasteiger partial charge in [0.1, 0.15) is 5.75 Å². The molecule has 2 rings (SSSR count). The van der Waals surface area contributed by atoms with E-state index >= 15 is 0 Å². The summed E-state index contributed by atoms with van der Waals surface area (Å²) >= 11 is 0. The average molecular weight is 256 g/mol. The number of para-hydroxylation sites is 1. The fraction of sp³-hybridized carbons (Fsp3) is 0.133. The van der Waals surface area contributed by atoms with Gasteiger partial charge in [-0.3, -0.25) is 0 Å². The van der Waals surface area contributed by atoms with E-state index in [1.165, 1.54) is 0 Å². The molecule has 4 nitrogen and oxygen atoms in total. The van der Waals surface area contributed by atoms with Crippen molar-refractivity contribution in [2.24, 2.45) is 0 Å². The molecule has 0 atom stereocenters. The van der Waals surface area contributed by atoms with Gasteiger partial charge in [-0.15, -0.1) is 0 Å². The number of carbonyl (C=O) groups is 1. The number of nitrogens with one attached hydrogen (secondary N) is 2. The van der Waals surface area contributed by atoms with E-state index in [2.05, 4.69) is 10.6 Å². The highest BCUT2D eigenvalue weighted by Crippen LogP contribution is 2.17. The van der Waals surface area contributed by atoms with Crippen LogP contribution >= 0.6 is 0 Å². The minimum absolute atomic E-state index is 0.278. The molecule has 2 aromatic carbocycles. The zero-order valence-electron chi connectivity index (χ0n) is 10.7. The number of anilines is 2. The van der Waals surface area contributed by atoms with Crippen LogP contribution in [0.25, 0.3) is 0 Å². The lowest BCUT2D eigenvalue weighted by Crippen LogP contribution is -2.19. The maximum absolute atomic E-state index is 11.8. The number of hydrogen-bond acceptors (Lipinski definition) is 2. The molecule has 0 bridgehead atoms. The second-order valence-corrected chi connectivity index (χ2v) is 3.91.